The largest absolute Gasteiger partial charge is 0.433 e. The average molecular weight is 288 g/mol. The summed E-state index contributed by atoms with van der Waals surface area (Å²) in [7, 11) is 0. The van der Waals surface area contributed by atoms with Gasteiger partial charge in [0.25, 0.3) is 0 Å². The van der Waals surface area contributed by atoms with Crippen LogP contribution in [0.25, 0.3) is 11.3 Å². The van der Waals surface area contributed by atoms with E-state index in [1.54, 1.807) is 6.07 Å². The van der Waals surface area contributed by atoms with Gasteiger partial charge in [-0.1, -0.05) is 6.07 Å². The van der Waals surface area contributed by atoms with Crippen LogP contribution in [0.2, 0.25) is 0 Å². The maximum atomic E-state index is 13.5. The van der Waals surface area contributed by atoms with Crippen molar-refractivity contribution in [2.45, 2.75) is 0 Å². The molecule has 0 fully saturated rings. The van der Waals surface area contributed by atoms with Gasteiger partial charge in [0, 0.05) is 17.8 Å². The summed E-state index contributed by atoms with van der Waals surface area (Å²) in [5.74, 6) is -2.00. The number of nitrogens with zero attached hydrogens (tertiary/aromatic N) is 2. The van der Waals surface area contributed by atoms with Gasteiger partial charge < -0.3 is 10.5 Å². The van der Waals surface area contributed by atoms with Crippen molar-refractivity contribution in [3.8, 4) is 22.9 Å². The first-order valence-corrected chi connectivity index (χ1v) is 6.02. The molecule has 1 aromatic carbocycles. The van der Waals surface area contributed by atoms with Crippen LogP contribution >= 0.6 is 0 Å². The lowest BCUT2D eigenvalue weighted by molar-refractivity contribution is 0.396. The molecule has 0 amide bonds. The van der Waals surface area contributed by atoms with E-state index >= 15 is 0 Å². The zero-order valence-electron chi connectivity index (χ0n) is 10.7. The number of anilines is 1. The lowest BCUT2D eigenvalue weighted by Crippen LogP contribution is -1.94. The first-order valence-electron chi connectivity index (χ1n) is 6.02. The first kappa shape index (κ1) is 13.0. The number of aromatic amines is 1. The van der Waals surface area contributed by atoms with Crippen LogP contribution in [0, 0.1) is 11.6 Å². The summed E-state index contributed by atoms with van der Waals surface area (Å²) in [4.78, 5) is 3.99. The number of pyridine rings is 1. The van der Waals surface area contributed by atoms with E-state index < -0.39 is 17.4 Å². The van der Waals surface area contributed by atoms with Gasteiger partial charge in [0.05, 0.1) is 17.6 Å². The van der Waals surface area contributed by atoms with Crippen molar-refractivity contribution in [2.75, 3.05) is 5.73 Å². The van der Waals surface area contributed by atoms with Crippen molar-refractivity contribution >= 4 is 5.69 Å². The van der Waals surface area contributed by atoms with Gasteiger partial charge in [-0.05, 0) is 18.2 Å². The van der Waals surface area contributed by atoms with E-state index in [0.717, 1.165) is 12.1 Å². The summed E-state index contributed by atoms with van der Waals surface area (Å²) < 4.78 is 32.1. The summed E-state index contributed by atoms with van der Waals surface area (Å²) in [6, 6.07) is 6.62. The Labute approximate surface area is 118 Å². The highest BCUT2D eigenvalue weighted by Gasteiger charge is 2.12. The van der Waals surface area contributed by atoms with Crippen LogP contribution in [0.3, 0.4) is 0 Å². The van der Waals surface area contributed by atoms with Gasteiger partial charge in [-0.25, -0.2) is 13.8 Å². The standard InChI is InChI=1S/C14H10F2N4O/c15-9-2-1-3-10(16)14(9)21-12-5-4-8(6-18-12)13-11(17)7-19-20-13/h1-7H,17H2,(H,19,20). The van der Waals surface area contributed by atoms with Gasteiger partial charge in [-0.3, -0.25) is 5.10 Å². The molecule has 3 N–H and O–H groups in total. The molecule has 0 saturated carbocycles. The second-order valence-corrected chi connectivity index (χ2v) is 4.24. The van der Waals surface area contributed by atoms with E-state index in [0.29, 0.717) is 16.9 Å². The van der Waals surface area contributed by atoms with Crippen LogP contribution in [0.4, 0.5) is 14.5 Å². The summed E-state index contributed by atoms with van der Waals surface area (Å²) in [6.07, 6.45) is 2.95. The molecule has 0 saturated heterocycles. The number of nitrogens with one attached hydrogen (secondary N) is 1. The third kappa shape index (κ3) is 2.53. The molecule has 0 atom stereocenters. The monoisotopic (exact) mass is 288 g/mol. The minimum Gasteiger partial charge on any atom is -0.433 e. The second-order valence-electron chi connectivity index (χ2n) is 4.24. The van der Waals surface area contributed by atoms with Crippen LogP contribution in [0.15, 0.2) is 42.7 Å². The van der Waals surface area contributed by atoms with E-state index in [1.807, 2.05) is 0 Å². The van der Waals surface area contributed by atoms with E-state index in [-0.39, 0.29) is 5.88 Å². The maximum absolute atomic E-state index is 13.5. The molecule has 0 radical (unpaired) electrons. The molecule has 21 heavy (non-hydrogen) atoms. The molecule has 2 heterocycles. The number of benzene rings is 1. The Bertz CT molecular complexity index is 751. The number of hydrogen-bond donors (Lipinski definition) is 2. The molecule has 0 bridgehead atoms. The highest BCUT2D eigenvalue weighted by molar-refractivity contribution is 5.71. The third-order valence-corrected chi connectivity index (χ3v) is 2.82. The smallest absolute Gasteiger partial charge is 0.219 e. The van der Waals surface area contributed by atoms with Crippen molar-refractivity contribution in [1.82, 2.24) is 15.2 Å². The lowest BCUT2D eigenvalue weighted by Gasteiger charge is -2.07. The predicted octanol–water partition coefficient (Wildman–Crippen LogP) is 3.12. The van der Waals surface area contributed by atoms with Crippen LogP contribution < -0.4 is 10.5 Å². The molecular weight excluding hydrogens is 278 g/mol. The number of rotatable bonds is 3. The molecule has 0 aliphatic carbocycles. The van der Waals surface area contributed by atoms with E-state index in [2.05, 4.69) is 15.2 Å². The van der Waals surface area contributed by atoms with Gasteiger partial charge in [-0.2, -0.15) is 5.10 Å². The van der Waals surface area contributed by atoms with Crippen molar-refractivity contribution < 1.29 is 13.5 Å². The van der Waals surface area contributed by atoms with Gasteiger partial charge >= 0.3 is 0 Å². The number of para-hydroxylation sites is 1. The minimum atomic E-state index is -0.793. The zero-order chi connectivity index (χ0) is 14.8. The number of nitrogens with two attached hydrogens (primary N) is 1. The number of hydrogen-bond acceptors (Lipinski definition) is 4. The van der Waals surface area contributed by atoms with Gasteiger partial charge in [0.1, 0.15) is 0 Å². The van der Waals surface area contributed by atoms with E-state index in [4.69, 9.17) is 10.5 Å². The average Bonchev–Trinajstić information content (AvgIpc) is 2.90. The van der Waals surface area contributed by atoms with E-state index in [1.165, 1.54) is 24.5 Å². The number of H-pyrrole nitrogens is 1. The van der Waals surface area contributed by atoms with Gasteiger partial charge in [0.2, 0.25) is 11.6 Å². The third-order valence-electron chi connectivity index (χ3n) is 2.82. The Morgan fingerprint density at radius 2 is 1.81 bits per heavy atom. The number of nitrogen functional groups attached to an aromatic ring is 1. The molecule has 106 valence electrons. The Hall–Kier alpha value is -2.96. The van der Waals surface area contributed by atoms with E-state index in [9.17, 15) is 8.78 Å². The fourth-order valence-electron chi connectivity index (χ4n) is 1.80. The predicted molar refractivity (Wildman–Crippen MR) is 72.7 cm³/mol. The Kier molecular flexibility index (Phi) is 3.23. The quantitative estimate of drug-likeness (QED) is 0.776. The van der Waals surface area contributed by atoms with Crippen molar-refractivity contribution in [1.29, 1.82) is 0 Å². The Morgan fingerprint density at radius 1 is 1.05 bits per heavy atom. The molecular formula is C14H10F2N4O. The molecule has 3 rings (SSSR count). The summed E-state index contributed by atoms with van der Waals surface area (Å²) in [6.45, 7) is 0. The fourth-order valence-corrected chi connectivity index (χ4v) is 1.80. The highest BCUT2D eigenvalue weighted by atomic mass is 19.1. The highest BCUT2D eigenvalue weighted by Crippen LogP contribution is 2.28. The SMILES string of the molecule is Nc1cn[nH]c1-c1ccc(Oc2c(F)cccc2F)nc1. The van der Waals surface area contributed by atoms with Crippen molar-refractivity contribution in [3.63, 3.8) is 0 Å². The molecule has 2 aromatic heterocycles. The molecule has 7 heteroatoms. The minimum absolute atomic E-state index is 0.0702. The molecule has 5 nitrogen and oxygen atoms in total. The normalized spacial score (nSPS) is 10.6. The Morgan fingerprint density at radius 3 is 2.38 bits per heavy atom. The molecule has 0 spiro atoms. The second kappa shape index (κ2) is 5.20. The Balaban J connectivity index is 1.87. The summed E-state index contributed by atoms with van der Waals surface area (Å²) in [5, 5.41) is 6.54. The summed E-state index contributed by atoms with van der Waals surface area (Å²) in [5.41, 5.74) is 7.50. The van der Waals surface area contributed by atoms with Crippen molar-refractivity contribution in [2.24, 2.45) is 0 Å². The number of aromatic nitrogens is 3. The molecule has 3 aromatic rings. The molecule has 0 unspecified atom stereocenters. The maximum Gasteiger partial charge on any atom is 0.219 e. The fraction of sp³-hybridized carbons (Fsp3) is 0. The summed E-state index contributed by atoms with van der Waals surface area (Å²) >= 11 is 0. The van der Waals surface area contributed by atoms with Gasteiger partial charge in [-0.15, -0.1) is 0 Å². The molecule has 0 aliphatic heterocycles. The van der Waals surface area contributed by atoms with Crippen LogP contribution in [-0.4, -0.2) is 15.2 Å². The lowest BCUT2D eigenvalue weighted by atomic mass is 10.2. The molecule has 0 aliphatic rings. The topological polar surface area (TPSA) is 76.8 Å². The van der Waals surface area contributed by atoms with Crippen molar-refractivity contribution in [3.05, 3.63) is 54.4 Å². The van der Waals surface area contributed by atoms with Crippen LogP contribution in [0.1, 0.15) is 0 Å². The number of halogens is 2. The van der Waals surface area contributed by atoms with Gasteiger partial charge in [0.15, 0.2) is 11.6 Å². The van der Waals surface area contributed by atoms with Crippen LogP contribution in [0.5, 0.6) is 11.6 Å². The zero-order valence-corrected chi connectivity index (χ0v) is 10.7. The van der Waals surface area contributed by atoms with Crippen LogP contribution in [-0.2, 0) is 0 Å². The first-order chi connectivity index (χ1) is 10.1. The number of ether oxygens (including phenoxy) is 1.